The molecule has 1 aliphatic heterocycles. The summed E-state index contributed by atoms with van der Waals surface area (Å²) in [5, 5.41) is 0. The van der Waals surface area contributed by atoms with Crippen molar-refractivity contribution in [2.75, 3.05) is 32.5 Å². The van der Waals surface area contributed by atoms with E-state index in [1.165, 1.54) is 0 Å². The normalized spacial score (nSPS) is 16.3. The highest BCUT2D eigenvalue weighted by Crippen LogP contribution is 2.20. The van der Waals surface area contributed by atoms with Gasteiger partial charge in [-0.1, -0.05) is 6.07 Å². The van der Waals surface area contributed by atoms with Crippen LogP contribution in [0.25, 0.3) is 0 Å². The zero-order chi connectivity index (χ0) is 13.8. The fourth-order valence-electron chi connectivity index (χ4n) is 2.49. The van der Waals surface area contributed by atoms with Gasteiger partial charge in [0.1, 0.15) is 0 Å². The number of ether oxygens (including phenoxy) is 1. The number of amides is 1. The van der Waals surface area contributed by atoms with Gasteiger partial charge in [0, 0.05) is 38.1 Å². The van der Waals surface area contributed by atoms with E-state index in [1.54, 1.807) is 4.90 Å². The maximum absolute atomic E-state index is 12.4. The molecule has 1 amide bonds. The first-order valence-corrected chi connectivity index (χ1v) is 6.78. The van der Waals surface area contributed by atoms with Gasteiger partial charge in [-0.15, -0.1) is 0 Å². The van der Waals surface area contributed by atoms with Crippen molar-refractivity contribution in [1.82, 2.24) is 4.90 Å². The number of hydrogen-bond donors (Lipinski definition) is 1. The highest BCUT2D eigenvalue weighted by atomic mass is 16.5. The molecule has 0 atom stereocenters. The van der Waals surface area contributed by atoms with Gasteiger partial charge in [0.2, 0.25) is 0 Å². The molecule has 0 radical (unpaired) electrons. The van der Waals surface area contributed by atoms with E-state index in [2.05, 4.69) is 0 Å². The molecule has 0 unspecified atom stereocenters. The van der Waals surface area contributed by atoms with Crippen LogP contribution in [0.4, 0.5) is 5.69 Å². The second-order valence-corrected chi connectivity index (χ2v) is 5.26. The minimum absolute atomic E-state index is 0.0521. The van der Waals surface area contributed by atoms with Crippen LogP contribution in [0, 0.1) is 12.8 Å². The highest BCUT2D eigenvalue weighted by Gasteiger charge is 2.20. The summed E-state index contributed by atoms with van der Waals surface area (Å²) in [4.78, 5) is 14.2. The van der Waals surface area contributed by atoms with Gasteiger partial charge >= 0.3 is 0 Å². The third-order valence-corrected chi connectivity index (χ3v) is 3.83. The average Bonchev–Trinajstić information content (AvgIpc) is 2.42. The molecule has 1 saturated heterocycles. The van der Waals surface area contributed by atoms with E-state index in [1.807, 2.05) is 32.2 Å². The van der Waals surface area contributed by atoms with E-state index < -0.39 is 0 Å². The Morgan fingerprint density at radius 2 is 2.11 bits per heavy atom. The lowest BCUT2D eigenvalue weighted by molar-refractivity contribution is 0.0497. The van der Waals surface area contributed by atoms with Crippen molar-refractivity contribution in [3.63, 3.8) is 0 Å². The van der Waals surface area contributed by atoms with E-state index in [4.69, 9.17) is 10.5 Å². The fraction of sp³-hybridized carbons (Fsp3) is 0.533. The van der Waals surface area contributed by atoms with E-state index in [0.717, 1.165) is 38.2 Å². The Kier molecular flexibility index (Phi) is 4.43. The quantitative estimate of drug-likeness (QED) is 0.848. The summed E-state index contributed by atoms with van der Waals surface area (Å²) in [6.07, 6.45) is 2.07. The van der Waals surface area contributed by atoms with Crippen LogP contribution in [-0.2, 0) is 4.74 Å². The molecule has 1 aromatic carbocycles. The first-order valence-electron chi connectivity index (χ1n) is 6.78. The minimum Gasteiger partial charge on any atom is -0.398 e. The first-order chi connectivity index (χ1) is 9.09. The Balaban J connectivity index is 2.03. The lowest BCUT2D eigenvalue weighted by atomic mass is 9.99. The third kappa shape index (κ3) is 3.26. The second kappa shape index (κ2) is 6.06. The summed E-state index contributed by atoms with van der Waals surface area (Å²) in [5.74, 6) is 0.598. The smallest absolute Gasteiger partial charge is 0.253 e. The Labute approximate surface area is 114 Å². The van der Waals surface area contributed by atoms with Crippen LogP contribution >= 0.6 is 0 Å². The molecule has 0 bridgehead atoms. The lowest BCUT2D eigenvalue weighted by Crippen LogP contribution is -2.34. The number of benzene rings is 1. The summed E-state index contributed by atoms with van der Waals surface area (Å²) in [6, 6.07) is 5.50. The molecule has 4 nitrogen and oxygen atoms in total. The number of nitrogens with zero attached hydrogens (tertiary/aromatic N) is 1. The van der Waals surface area contributed by atoms with Crippen LogP contribution < -0.4 is 5.73 Å². The molecule has 2 N–H and O–H groups in total. The highest BCUT2D eigenvalue weighted by molar-refractivity contribution is 5.96. The van der Waals surface area contributed by atoms with Crippen LogP contribution in [-0.4, -0.2) is 37.6 Å². The lowest BCUT2D eigenvalue weighted by Gasteiger charge is -2.27. The summed E-state index contributed by atoms with van der Waals surface area (Å²) in [5.41, 5.74) is 8.10. The van der Waals surface area contributed by atoms with E-state index in [9.17, 15) is 4.79 Å². The number of nitrogens with two attached hydrogens (primary N) is 1. The molecule has 104 valence electrons. The molecule has 1 fully saturated rings. The fourth-order valence-corrected chi connectivity index (χ4v) is 2.49. The predicted octanol–water partition coefficient (Wildman–Crippen LogP) is 2.08. The molecular formula is C15H22N2O2. The summed E-state index contributed by atoms with van der Waals surface area (Å²) >= 11 is 0. The zero-order valence-corrected chi connectivity index (χ0v) is 11.7. The number of carbonyl (C=O) groups is 1. The summed E-state index contributed by atoms with van der Waals surface area (Å²) in [7, 11) is 1.86. The van der Waals surface area contributed by atoms with Crippen molar-refractivity contribution in [1.29, 1.82) is 0 Å². The molecule has 0 saturated carbocycles. The molecule has 0 aromatic heterocycles. The summed E-state index contributed by atoms with van der Waals surface area (Å²) < 4.78 is 5.34. The van der Waals surface area contributed by atoms with Crippen LogP contribution in [0.2, 0.25) is 0 Å². The van der Waals surface area contributed by atoms with Crippen LogP contribution in [0.15, 0.2) is 18.2 Å². The van der Waals surface area contributed by atoms with Gasteiger partial charge in [0.05, 0.1) is 0 Å². The second-order valence-electron chi connectivity index (χ2n) is 5.26. The predicted molar refractivity (Wildman–Crippen MR) is 76.1 cm³/mol. The van der Waals surface area contributed by atoms with E-state index in [-0.39, 0.29) is 5.91 Å². The number of hydrogen-bond acceptors (Lipinski definition) is 3. The van der Waals surface area contributed by atoms with Crippen LogP contribution in [0.3, 0.4) is 0 Å². The molecular weight excluding hydrogens is 240 g/mol. The van der Waals surface area contributed by atoms with Crippen LogP contribution in [0.5, 0.6) is 0 Å². The maximum Gasteiger partial charge on any atom is 0.253 e. The van der Waals surface area contributed by atoms with Gasteiger partial charge in [0.15, 0.2) is 0 Å². The van der Waals surface area contributed by atoms with Crippen molar-refractivity contribution in [2.45, 2.75) is 19.8 Å². The Hall–Kier alpha value is -1.55. The van der Waals surface area contributed by atoms with Crippen molar-refractivity contribution in [2.24, 2.45) is 5.92 Å². The zero-order valence-electron chi connectivity index (χ0n) is 11.7. The Bertz CT molecular complexity index is 453. The molecule has 1 aromatic rings. The van der Waals surface area contributed by atoms with E-state index in [0.29, 0.717) is 17.2 Å². The van der Waals surface area contributed by atoms with E-state index >= 15 is 0 Å². The summed E-state index contributed by atoms with van der Waals surface area (Å²) in [6.45, 7) is 4.30. The Morgan fingerprint density at radius 3 is 2.79 bits per heavy atom. The molecule has 0 aliphatic carbocycles. The van der Waals surface area contributed by atoms with Gasteiger partial charge in [-0.2, -0.15) is 0 Å². The standard InChI is InChI=1S/C15H22N2O2/c1-11-13(4-3-5-14(11)16)15(18)17(2)10-12-6-8-19-9-7-12/h3-5,12H,6-10,16H2,1-2H3. The Morgan fingerprint density at radius 1 is 1.42 bits per heavy atom. The molecule has 1 heterocycles. The SMILES string of the molecule is Cc1c(N)cccc1C(=O)N(C)CC1CCOCC1. The minimum atomic E-state index is 0.0521. The van der Waals surface area contributed by atoms with Gasteiger partial charge in [-0.25, -0.2) is 0 Å². The molecule has 0 spiro atoms. The molecule has 19 heavy (non-hydrogen) atoms. The maximum atomic E-state index is 12.4. The number of carbonyl (C=O) groups excluding carboxylic acids is 1. The van der Waals surface area contributed by atoms with Crippen LogP contribution in [0.1, 0.15) is 28.8 Å². The topological polar surface area (TPSA) is 55.6 Å². The van der Waals surface area contributed by atoms with Crippen molar-refractivity contribution in [3.8, 4) is 0 Å². The van der Waals surface area contributed by atoms with Gasteiger partial charge < -0.3 is 15.4 Å². The average molecular weight is 262 g/mol. The van der Waals surface area contributed by atoms with Gasteiger partial charge in [-0.05, 0) is 43.4 Å². The monoisotopic (exact) mass is 262 g/mol. The van der Waals surface area contributed by atoms with Crippen molar-refractivity contribution >= 4 is 11.6 Å². The third-order valence-electron chi connectivity index (χ3n) is 3.83. The first kappa shape index (κ1) is 13.9. The molecule has 2 rings (SSSR count). The number of nitrogen functional groups attached to an aromatic ring is 1. The molecule has 1 aliphatic rings. The van der Waals surface area contributed by atoms with Crippen molar-refractivity contribution < 1.29 is 9.53 Å². The van der Waals surface area contributed by atoms with Gasteiger partial charge in [-0.3, -0.25) is 4.79 Å². The molecule has 4 heteroatoms. The van der Waals surface area contributed by atoms with Gasteiger partial charge in [0.25, 0.3) is 5.91 Å². The number of anilines is 1. The largest absolute Gasteiger partial charge is 0.398 e. The number of rotatable bonds is 3. The van der Waals surface area contributed by atoms with Crippen molar-refractivity contribution in [3.05, 3.63) is 29.3 Å².